The van der Waals surface area contributed by atoms with E-state index in [1.165, 1.54) is 11.3 Å². The molecule has 0 amide bonds. The molecule has 0 spiro atoms. The van der Waals surface area contributed by atoms with Gasteiger partial charge in [-0.3, -0.25) is 4.99 Å². The van der Waals surface area contributed by atoms with E-state index < -0.39 is 0 Å². The Bertz CT molecular complexity index is 658. The van der Waals surface area contributed by atoms with Crippen LogP contribution < -0.4 is 10.1 Å². The first kappa shape index (κ1) is 17.9. The number of benzene rings is 1. The van der Waals surface area contributed by atoms with Gasteiger partial charge in [0.2, 0.25) is 0 Å². The summed E-state index contributed by atoms with van der Waals surface area (Å²) < 4.78 is 7.79. The quantitative estimate of drug-likeness (QED) is 0.655. The van der Waals surface area contributed by atoms with E-state index in [1.54, 1.807) is 0 Å². The Hall–Kier alpha value is -2.43. The van der Waals surface area contributed by atoms with Crippen LogP contribution in [0, 0.1) is 0 Å². The van der Waals surface area contributed by atoms with Crippen LogP contribution in [0.15, 0.2) is 47.6 Å². The van der Waals surface area contributed by atoms with Crippen molar-refractivity contribution in [2.24, 2.45) is 12.0 Å². The normalized spacial score (nSPS) is 11.7. The SMILES string of the molecule is CN=C(NCc1ccc(OC(C)C)cc1)N(C)Cc1cccn1C. The van der Waals surface area contributed by atoms with Crippen molar-refractivity contribution in [3.05, 3.63) is 53.9 Å². The highest BCUT2D eigenvalue weighted by atomic mass is 16.5. The molecule has 0 aliphatic carbocycles. The van der Waals surface area contributed by atoms with E-state index in [0.29, 0.717) is 0 Å². The Labute approximate surface area is 145 Å². The van der Waals surface area contributed by atoms with Crippen LogP contribution in [0.25, 0.3) is 0 Å². The Morgan fingerprint density at radius 1 is 1.25 bits per heavy atom. The molecular formula is C19H28N4O. The van der Waals surface area contributed by atoms with Crippen molar-refractivity contribution in [2.75, 3.05) is 14.1 Å². The third-order valence-electron chi connectivity index (χ3n) is 3.77. The van der Waals surface area contributed by atoms with Gasteiger partial charge in [0.15, 0.2) is 5.96 Å². The molecule has 0 fully saturated rings. The maximum atomic E-state index is 5.67. The molecule has 0 unspecified atom stereocenters. The number of ether oxygens (including phenoxy) is 1. The summed E-state index contributed by atoms with van der Waals surface area (Å²) in [6.45, 7) is 5.60. The molecule has 1 aromatic heterocycles. The maximum Gasteiger partial charge on any atom is 0.194 e. The fraction of sp³-hybridized carbons (Fsp3) is 0.421. The second-order valence-corrected chi connectivity index (χ2v) is 6.18. The highest BCUT2D eigenvalue weighted by molar-refractivity contribution is 5.79. The van der Waals surface area contributed by atoms with Crippen LogP contribution in [0.2, 0.25) is 0 Å². The largest absolute Gasteiger partial charge is 0.491 e. The van der Waals surface area contributed by atoms with E-state index in [2.05, 4.69) is 57.3 Å². The van der Waals surface area contributed by atoms with Crippen molar-refractivity contribution in [2.45, 2.75) is 33.0 Å². The number of aryl methyl sites for hydroxylation is 1. The molecule has 1 heterocycles. The second-order valence-electron chi connectivity index (χ2n) is 6.18. The van der Waals surface area contributed by atoms with Gasteiger partial charge in [-0.15, -0.1) is 0 Å². The van der Waals surface area contributed by atoms with Gasteiger partial charge in [0.25, 0.3) is 0 Å². The third-order valence-corrected chi connectivity index (χ3v) is 3.77. The van der Waals surface area contributed by atoms with Gasteiger partial charge < -0.3 is 19.5 Å². The predicted octanol–water partition coefficient (Wildman–Crippen LogP) is 3.02. The molecule has 5 nitrogen and oxygen atoms in total. The maximum absolute atomic E-state index is 5.67. The number of aromatic nitrogens is 1. The van der Waals surface area contributed by atoms with Gasteiger partial charge >= 0.3 is 0 Å². The average molecular weight is 328 g/mol. The first-order valence-electron chi connectivity index (χ1n) is 8.27. The Balaban J connectivity index is 1.90. The van der Waals surface area contributed by atoms with E-state index in [9.17, 15) is 0 Å². The number of nitrogens with zero attached hydrogens (tertiary/aromatic N) is 3. The molecule has 0 saturated carbocycles. The molecule has 24 heavy (non-hydrogen) atoms. The zero-order chi connectivity index (χ0) is 17.5. The topological polar surface area (TPSA) is 41.8 Å². The number of nitrogens with one attached hydrogen (secondary N) is 1. The number of hydrogen-bond acceptors (Lipinski definition) is 2. The molecule has 5 heteroatoms. The minimum atomic E-state index is 0.193. The summed E-state index contributed by atoms with van der Waals surface area (Å²) in [6.07, 6.45) is 2.25. The van der Waals surface area contributed by atoms with Crippen molar-refractivity contribution in [3.63, 3.8) is 0 Å². The van der Waals surface area contributed by atoms with Crippen molar-refractivity contribution < 1.29 is 4.74 Å². The lowest BCUT2D eigenvalue weighted by atomic mass is 10.2. The van der Waals surface area contributed by atoms with E-state index in [4.69, 9.17) is 4.74 Å². The second kappa shape index (κ2) is 8.43. The smallest absolute Gasteiger partial charge is 0.194 e. The molecule has 130 valence electrons. The van der Waals surface area contributed by atoms with Crippen molar-refractivity contribution in [1.82, 2.24) is 14.8 Å². The Morgan fingerprint density at radius 2 is 1.96 bits per heavy atom. The van der Waals surface area contributed by atoms with E-state index in [0.717, 1.165) is 24.8 Å². The molecule has 0 aliphatic heterocycles. The number of aliphatic imine (C=N–C) groups is 1. The van der Waals surface area contributed by atoms with Gasteiger partial charge in [0.05, 0.1) is 12.6 Å². The molecule has 0 saturated heterocycles. The number of rotatable bonds is 6. The molecule has 1 N–H and O–H groups in total. The minimum absolute atomic E-state index is 0.193. The lowest BCUT2D eigenvalue weighted by Crippen LogP contribution is -2.38. The molecule has 1 aromatic carbocycles. The summed E-state index contributed by atoms with van der Waals surface area (Å²) in [6, 6.07) is 12.3. The van der Waals surface area contributed by atoms with Gasteiger partial charge in [-0.1, -0.05) is 12.1 Å². The molecular weight excluding hydrogens is 300 g/mol. The molecule has 0 radical (unpaired) electrons. The van der Waals surface area contributed by atoms with Gasteiger partial charge in [0, 0.05) is 39.6 Å². The van der Waals surface area contributed by atoms with Crippen LogP contribution in [0.5, 0.6) is 5.75 Å². The summed E-state index contributed by atoms with van der Waals surface area (Å²) in [4.78, 5) is 6.48. The van der Waals surface area contributed by atoms with Gasteiger partial charge in [0.1, 0.15) is 5.75 Å². The zero-order valence-corrected chi connectivity index (χ0v) is 15.3. The number of guanidine groups is 1. The van der Waals surface area contributed by atoms with Crippen LogP contribution in [0.3, 0.4) is 0 Å². The lowest BCUT2D eigenvalue weighted by molar-refractivity contribution is 0.242. The summed E-state index contributed by atoms with van der Waals surface area (Å²) in [5.74, 6) is 1.78. The number of hydrogen-bond donors (Lipinski definition) is 1. The highest BCUT2D eigenvalue weighted by Gasteiger charge is 2.08. The molecule has 2 rings (SSSR count). The highest BCUT2D eigenvalue weighted by Crippen LogP contribution is 2.13. The zero-order valence-electron chi connectivity index (χ0n) is 15.3. The summed E-state index contributed by atoms with van der Waals surface area (Å²) in [5, 5.41) is 3.40. The van der Waals surface area contributed by atoms with Crippen molar-refractivity contribution >= 4 is 5.96 Å². The van der Waals surface area contributed by atoms with E-state index >= 15 is 0 Å². The van der Waals surface area contributed by atoms with E-state index in [1.807, 2.05) is 40.1 Å². The van der Waals surface area contributed by atoms with Gasteiger partial charge in [-0.05, 0) is 43.7 Å². The summed E-state index contributed by atoms with van der Waals surface area (Å²) in [7, 11) is 5.91. The molecule has 0 aliphatic rings. The summed E-state index contributed by atoms with van der Waals surface area (Å²) in [5.41, 5.74) is 2.44. The fourth-order valence-electron chi connectivity index (χ4n) is 2.50. The van der Waals surface area contributed by atoms with Crippen LogP contribution in [-0.4, -0.2) is 35.6 Å². The van der Waals surface area contributed by atoms with Crippen LogP contribution in [-0.2, 0) is 20.1 Å². The molecule has 0 bridgehead atoms. The third kappa shape index (κ3) is 5.05. The van der Waals surface area contributed by atoms with Crippen molar-refractivity contribution in [1.29, 1.82) is 0 Å². The van der Waals surface area contributed by atoms with Crippen molar-refractivity contribution in [3.8, 4) is 5.75 Å². The average Bonchev–Trinajstić information content (AvgIpc) is 2.94. The van der Waals surface area contributed by atoms with Crippen LogP contribution >= 0.6 is 0 Å². The lowest BCUT2D eigenvalue weighted by Gasteiger charge is -2.22. The minimum Gasteiger partial charge on any atom is -0.491 e. The van der Waals surface area contributed by atoms with Gasteiger partial charge in [-0.25, -0.2) is 0 Å². The Kier molecular flexibility index (Phi) is 6.29. The van der Waals surface area contributed by atoms with Gasteiger partial charge in [-0.2, -0.15) is 0 Å². The standard InChI is InChI=1S/C19H28N4O/c1-15(2)24-18-10-8-16(9-11-18)13-21-19(20-3)23(5)14-17-7-6-12-22(17)4/h6-12,15H,13-14H2,1-5H3,(H,20,21). The predicted molar refractivity (Wildman–Crippen MR) is 99.3 cm³/mol. The molecule has 2 aromatic rings. The first-order chi connectivity index (χ1) is 11.5. The van der Waals surface area contributed by atoms with Crippen LogP contribution in [0.1, 0.15) is 25.1 Å². The fourth-order valence-corrected chi connectivity index (χ4v) is 2.50. The van der Waals surface area contributed by atoms with E-state index in [-0.39, 0.29) is 6.10 Å². The Morgan fingerprint density at radius 3 is 2.50 bits per heavy atom. The van der Waals surface area contributed by atoms with Crippen LogP contribution in [0.4, 0.5) is 0 Å². The first-order valence-corrected chi connectivity index (χ1v) is 8.27. The summed E-state index contributed by atoms with van der Waals surface area (Å²) >= 11 is 0. The molecule has 0 atom stereocenters. The monoisotopic (exact) mass is 328 g/mol.